The van der Waals surface area contributed by atoms with Gasteiger partial charge < -0.3 is 5.32 Å². The minimum absolute atomic E-state index is 0.136. The standard InChI is InChI=1S/C20H19ClN2OS/c1-2-3-5-14-8-10-17(11-9-14)22-20-23-19(24)18(25-20)13-15-6-4-7-16(21)12-15/h4,6-13H,2-3,5H2,1H3,(H,22,23,24)/b18-13-. The largest absolute Gasteiger partial charge is 0.300 e. The van der Waals surface area contributed by atoms with E-state index in [1.54, 1.807) is 0 Å². The number of aryl methyl sites for hydroxylation is 1. The molecule has 2 aromatic carbocycles. The predicted octanol–water partition coefficient (Wildman–Crippen LogP) is 5.57. The normalized spacial score (nSPS) is 17.3. The zero-order valence-electron chi connectivity index (χ0n) is 14.0. The van der Waals surface area contributed by atoms with Crippen LogP contribution in [0.25, 0.3) is 6.08 Å². The Hall–Kier alpha value is -2.04. The molecule has 0 aromatic heterocycles. The predicted molar refractivity (Wildman–Crippen MR) is 107 cm³/mol. The molecule has 1 aliphatic heterocycles. The number of hydrogen-bond donors (Lipinski definition) is 1. The van der Waals surface area contributed by atoms with E-state index in [9.17, 15) is 4.79 Å². The smallest absolute Gasteiger partial charge is 0.264 e. The number of nitrogens with one attached hydrogen (secondary N) is 1. The Balaban J connectivity index is 1.72. The molecule has 0 spiro atoms. The van der Waals surface area contributed by atoms with Crippen LogP contribution in [0.5, 0.6) is 0 Å². The number of aliphatic imine (C=N–C) groups is 1. The van der Waals surface area contributed by atoms with Gasteiger partial charge in [0.1, 0.15) is 0 Å². The first-order valence-electron chi connectivity index (χ1n) is 8.28. The lowest BCUT2D eigenvalue weighted by atomic mass is 10.1. The lowest BCUT2D eigenvalue weighted by molar-refractivity contribution is -0.115. The molecule has 0 radical (unpaired) electrons. The Morgan fingerprint density at radius 1 is 1.20 bits per heavy atom. The van der Waals surface area contributed by atoms with Gasteiger partial charge in [0.05, 0.1) is 10.6 Å². The summed E-state index contributed by atoms with van der Waals surface area (Å²) in [5.41, 5.74) is 3.05. The highest BCUT2D eigenvalue weighted by Crippen LogP contribution is 2.28. The fourth-order valence-electron chi connectivity index (χ4n) is 2.46. The van der Waals surface area contributed by atoms with Gasteiger partial charge in [-0.3, -0.25) is 4.79 Å². The van der Waals surface area contributed by atoms with Crippen molar-refractivity contribution in [3.63, 3.8) is 0 Å². The van der Waals surface area contributed by atoms with Gasteiger partial charge in [0.2, 0.25) is 0 Å². The van der Waals surface area contributed by atoms with Crippen LogP contribution in [-0.2, 0) is 11.2 Å². The molecular formula is C20H19ClN2OS. The summed E-state index contributed by atoms with van der Waals surface area (Å²) in [7, 11) is 0. The Labute approximate surface area is 157 Å². The fourth-order valence-corrected chi connectivity index (χ4v) is 3.50. The topological polar surface area (TPSA) is 41.5 Å². The van der Waals surface area contributed by atoms with Crippen LogP contribution in [0, 0.1) is 0 Å². The van der Waals surface area contributed by atoms with Crippen LogP contribution in [0.2, 0.25) is 5.02 Å². The number of carbonyl (C=O) groups is 1. The number of benzene rings is 2. The van der Waals surface area contributed by atoms with Crippen molar-refractivity contribution in [3.05, 3.63) is 69.6 Å². The summed E-state index contributed by atoms with van der Waals surface area (Å²) in [4.78, 5) is 17.3. The van der Waals surface area contributed by atoms with Gasteiger partial charge in [-0.25, -0.2) is 4.99 Å². The van der Waals surface area contributed by atoms with Gasteiger partial charge in [0.15, 0.2) is 5.17 Å². The average Bonchev–Trinajstić information content (AvgIpc) is 2.93. The molecule has 0 unspecified atom stereocenters. The number of thioether (sulfide) groups is 1. The molecule has 2 aromatic rings. The first-order valence-corrected chi connectivity index (χ1v) is 9.47. The number of halogens is 1. The monoisotopic (exact) mass is 370 g/mol. The van der Waals surface area contributed by atoms with Crippen LogP contribution in [0.3, 0.4) is 0 Å². The quantitative estimate of drug-likeness (QED) is 0.698. The van der Waals surface area contributed by atoms with Crippen LogP contribution in [0.1, 0.15) is 30.9 Å². The van der Waals surface area contributed by atoms with Crippen LogP contribution in [0.15, 0.2) is 58.4 Å². The summed E-state index contributed by atoms with van der Waals surface area (Å²) >= 11 is 7.33. The molecule has 3 rings (SSSR count). The molecule has 0 bridgehead atoms. The lowest BCUT2D eigenvalue weighted by Gasteiger charge is -2.01. The summed E-state index contributed by atoms with van der Waals surface area (Å²) in [6.45, 7) is 2.19. The first-order chi connectivity index (χ1) is 12.1. The van der Waals surface area contributed by atoms with Gasteiger partial charge in [-0.05, 0) is 66.1 Å². The van der Waals surface area contributed by atoms with Crippen molar-refractivity contribution < 1.29 is 4.79 Å². The van der Waals surface area contributed by atoms with E-state index in [2.05, 4.69) is 29.4 Å². The van der Waals surface area contributed by atoms with Gasteiger partial charge in [-0.2, -0.15) is 0 Å². The average molecular weight is 371 g/mol. The Bertz CT molecular complexity index is 828. The summed E-state index contributed by atoms with van der Waals surface area (Å²) in [6.07, 6.45) is 5.29. The van der Waals surface area contributed by atoms with Crippen molar-refractivity contribution in [3.8, 4) is 0 Å². The van der Waals surface area contributed by atoms with Gasteiger partial charge in [-0.1, -0.05) is 49.2 Å². The van der Waals surface area contributed by atoms with E-state index >= 15 is 0 Å². The van der Waals surface area contributed by atoms with E-state index in [1.165, 1.54) is 30.2 Å². The molecule has 5 heteroatoms. The second kappa shape index (κ2) is 8.37. The number of carbonyl (C=O) groups excluding carboxylic acids is 1. The van der Waals surface area contributed by atoms with Crippen molar-refractivity contribution in [2.45, 2.75) is 26.2 Å². The van der Waals surface area contributed by atoms with Crippen molar-refractivity contribution in [1.29, 1.82) is 0 Å². The molecule has 1 aliphatic rings. The van der Waals surface area contributed by atoms with Crippen LogP contribution >= 0.6 is 23.4 Å². The Kier molecular flexibility index (Phi) is 5.95. The highest BCUT2D eigenvalue weighted by molar-refractivity contribution is 8.18. The summed E-state index contributed by atoms with van der Waals surface area (Å²) in [5, 5.41) is 4.05. The molecule has 1 amide bonds. The van der Waals surface area contributed by atoms with Gasteiger partial charge in [0.25, 0.3) is 5.91 Å². The van der Waals surface area contributed by atoms with Crippen LogP contribution in [0.4, 0.5) is 5.69 Å². The molecular weight excluding hydrogens is 352 g/mol. The molecule has 1 N–H and O–H groups in total. The number of nitrogens with zero attached hydrogens (tertiary/aromatic N) is 1. The van der Waals surface area contributed by atoms with E-state index in [0.717, 1.165) is 17.7 Å². The molecule has 1 heterocycles. The molecule has 3 nitrogen and oxygen atoms in total. The van der Waals surface area contributed by atoms with E-state index in [0.29, 0.717) is 15.1 Å². The zero-order chi connectivity index (χ0) is 17.6. The maximum atomic E-state index is 12.1. The van der Waals surface area contributed by atoms with E-state index < -0.39 is 0 Å². The Morgan fingerprint density at radius 3 is 2.72 bits per heavy atom. The highest BCUT2D eigenvalue weighted by Gasteiger charge is 2.23. The van der Waals surface area contributed by atoms with Crippen molar-refractivity contribution >= 4 is 46.2 Å². The van der Waals surface area contributed by atoms with Gasteiger partial charge in [-0.15, -0.1) is 0 Å². The third-order valence-corrected chi connectivity index (χ3v) is 4.93. The summed E-state index contributed by atoms with van der Waals surface area (Å²) < 4.78 is 0. The third kappa shape index (κ3) is 4.97. The first kappa shape index (κ1) is 17.8. The summed E-state index contributed by atoms with van der Waals surface area (Å²) in [6, 6.07) is 15.6. The molecule has 0 aliphatic carbocycles. The van der Waals surface area contributed by atoms with Crippen molar-refractivity contribution in [1.82, 2.24) is 5.32 Å². The number of unbranched alkanes of at least 4 members (excludes halogenated alkanes) is 1. The number of amidine groups is 1. The number of rotatable bonds is 5. The second-order valence-electron chi connectivity index (χ2n) is 5.81. The molecule has 128 valence electrons. The third-order valence-electron chi connectivity index (χ3n) is 3.78. The fraction of sp³-hybridized carbons (Fsp3) is 0.200. The van der Waals surface area contributed by atoms with Gasteiger partial charge in [0, 0.05) is 5.02 Å². The molecule has 0 atom stereocenters. The number of amides is 1. The SMILES string of the molecule is CCCCc1ccc(N=C2NC(=O)/C(=C/c3cccc(Cl)c3)S2)cc1. The zero-order valence-corrected chi connectivity index (χ0v) is 15.5. The van der Waals surface area contributed by atoms with Crippen LogP contribution < -0.4 is 5.32 Å². The molecule has 1 saturated heterocycles. The summed E-state index contributed by atoms with van der Waals surface area (Å²) in [5.74, 6) is -0.136. The van der Waals surface area contributed by atoms with Crippen molar-refractivity contribution in [2.24, 2.45) is 4.99 Å². The Morgan fingerprint density at radius 2 is 2.00 bits per heavy atom. The maximum Gasteiger partial charge on any atom is 0.264 e. The maximum absolute atomic E-state index is 12.1. The molecule has 25 heavy (non-hydrogen) atoms. The molecule has 1 fully saturated rings. The van der Waals surface area contributed by atoms with Gasteiger partial charge >= 0.3 is 0 Å². The second-order valence-corrected chi connectivity index (χ2v) is 7.27. The minimum Gasteiger partial charge on any atom is -0.300 e. The van der Waals surface area contributed by atoms with E-state index in [1.807, 2.05) is 42.5 Å². The minimum atomic E-state index is -0.136. The highest BCUT2D eigenvalue weighted by atomic mass is 35.5. The molecule has 0 saturated carbocycles. The van der Waals surface area contributed by atoms with E-state index in [4.69, 9.17) is 11.6 Å². The van der Waals surface area contributed by atoms with E-state index in [-0.39, 0.29) is 5.91 Å². The lowest BCUT2D eigenvalue weighted by Crippen LogP contribution is -2.19. The van der Waals surface area contributed by atoms with Crippen molar-refractivity contribution in [2.75, 3.05) is 0 Å². The number of hydrogen-bond acceptors (Lipinski definition) is 3. The van der Waals surface area contributed by atoms with Crippen LogP contribution in [-0.4, -0.2) is 11.1 Å².